The van der Waals surface area contributed by atoms with Crippen LogP contribution in [0, 0.1) is 64.6 Å². The fourth-order valence-electron chi connectivity index (χ4n) is 10.6. The predicted octanol–water partition coefficient (Wildman–Crippen LogP) is 1.78. The minimum Gasteiger partial charge on any atom is -0.373 e. The maximum absolute atomic E-state index is 6.44. The first-order chi connectivity index (χ1) is 7.91. The zero-order valence-electron chi connectivity index (χ0n) is 9.30. The fourth-order valence-corrected chi connectivity index (χ4v) is 10.6. The molecule has 10 unspecified atom stereocenters. The second-order valence-corrected chi connectivity index (χ2v) is 8.50. The molecule has 82 valence electrons. The van der Waals surface area contributed by atoms with Crippen LogP contribution in [0.1, 0.15) is 12.8 Å². The van der Waals surface area contributed by atoms with Crippen molar-refractivity contribution >= 4 is 0 Å². The molecule has 0 radical (unpaired) electrons. The monoisotopic (exact) mass is 212 g/mol. The molecule has 0 N–H and O–H groups in total. The third-order valence-electron chi connectivity index (χ3n) is 9.64. The quantitative estimate of drug-likeness (QED) is 0.595. The van der Waals surface area contributed by atoms with Crippen molar-refractivity contribution in [2.45, 2.75) is 18.4 Å². The maximum atomic E-state index is 6.44. The first-order valence-corrected chi connectivity index (χ1v) is 7.55. The van der Waals surface area contributed by atoms with Gasteiger partial charge in [0.25, 0.3) is 0 Å². The van der Waals surface area contributed by atoms with E-state index in [0.717, 1.165) is 29.1 Å². The summed E-state index contributed by atoms with van der Waals surface area (Å²) in [6.07, 6.45) is 3.25. The van der Waals surface area contributed by atoms with Crippen LogP contribution in [0.2, 0.25) is 0 Å². The molecule has 1 aliphatic heterocycles. The van der Waals surface area contributed by atoms with Crippen LogP contribution in [0.5, 0.6) is 0 Å². The Bertz CT molecular complexity index is 462. The van der Waals surface area contributed by atoms with Crippen molar-refractivity contribution in [3.63, 3.8) is 0 Å². The van der Waals surface area contributed by atoms with Crippen LogP contribution in [0.3, 0.4) is 0 Å². The van der Waals surface area contributed by atoms with Crippen LogP contribution in [0.15, 0.2) is 0 Å². The van der Waals surface area contributed by atoms with E-state index in [4.69, 9.17) is 4.74 Å². The molecule has 12 atom stereocenters. The van der Waals surface area contributed by atoms with E-state index in [1.54, 1.807) is 12.8 Å². The molecule has 1 heteroatoms. The molecule has 8 aliphatic carbocycles. The summed E-state index contributed by atoms with van der Waals surface area (Å²) in [5.41, 5.74) is 1.30. The molecular formula is C15H16O. The number of rotatable bonds is 0. The van der Waals surface area contributed by atoms with Gasteiger partial charge in [-0.25, -0.2) is 0 Å². The van der Waals surface area contributed by atoms with Gasteiger partial charge in [0.15, 0.2) is 0 Å². The summed E-state index contributed by atoms with van der Waals surface area (Å²) in [7, 11) is 0. The van der Waals surface area contributed by atoms with Crippen molar-refractivity contribution < 1.29 is 4.74 Å². The van der Waals surface area contributed by atoms with Crippen molar-refractivity contribution in [2.75, 3.05) is 6.61 Å². The van der Waals surface area contributed by atoms with E-state index in [-0.39, 0.29) is 0 Å². The second kappa shape index (κ2) is 1.38. The van der Waals surface area contributed by atoms with Crippen LogP contribution >= 0.6 is 0 Å². The average molecular weight is 212 g/mol. The first-order valence-electron chi connectivity index (χ1n) is 7.55. The molecule has 2 spiro atoms. The first kappa shape index (κ1) is 6.78. The van der Waals surface area contributed by atoms with Crippen LogP contribution in [-0.2, 0) is 4.74 Å². The summed E-state index contributed by atoms with van der Waals surface area (Å²) >= 11 is 0. The van der Waals surface area contributed by atoms with Crippen LogP contribution < -0.4 is 0 Å². The van der Waals surface area contributed by atoms with Crippen molar-refractivity contribution in [1.29, 1.82) is 0 Å². The molecule has 0 aromatic heterocycles. The smallest absolute Gasteiger partial charge is 0.0830 e. The highest BCUT2D eigenvalue weighted by Crippen LogP contribution is 3.00. The molecule has 9 fully saturated rings. The number of ether oxygens (including phenoxy) is 1. The van der Waals surface area contributed by atoms with E-state index < -0.39 is 0 Å². The van der Waals surface area contributed by atoms with E-state index in [0.29, 0.717) is 5.60 Å². The standard InChI is InChI=1S/C15H16O/c1-4-8-10-6-2-7-11(10)9(4)13-5(1)12(8)14(6)3-16-15(7,13)14/h4-13H,1-3H2/t4?,5?,6-,7+,8?,9?,10?,11?,12?,13?,14?,15?/m0/s1. The molecule has 1 saturated heterocycles. The lowest BCUT2D eigenvalue weighted by atomic mass is 9.61. The third kappa shape index (κ3) is 0.277. The summed E-state index contributed by atoms with van der Waals surface area (Å²) in [6.45, 7) is 1.20. The van der Waals surface area contributed by atoms with E-state index >= 15 is 0 Å². The van der Waals surface area contributed by atoms with Crippen molar-refractivity contribution in [3.8, 4) is 0 Å². The molecule has 9 aliphatic rings. The maximum Gasteiger partial charge on any atom is 0.0830 e. The highest BCUT2D eigenvalue weighted by molar-refractivity contribution is 5.48. The largest absolute Gasteiger partial charge is 0.373 e. The minimum absolute atomic E-state index is 0.513. The summed E-state index contributed by atoms with van der Waals surface area (Å²) in [5.74, 6) is 11.6. The van der Waals surface area contributed by atoms with E-state index in [1.807, 2.05) is 0 Å². The van der Waals surface area contributed by atoms with Gasteiger partial charge in [-0.1, -0.05) is 0 Å². The van der Waals surface area contributed by atoms with Crippen molar-refractivity contribution in [2.24, 2.45) is 64.6 Å². The van der Waals surface area contributed by atoms with Gasteiger partial charge in [-0.15, -0.1) is 0 Å². The molecule has 0 aromatic rings. The Labute approximate surface area is 94.9 Å². The Balaban J connectivity index is 1.71. The lowest BCUT2D eigenvalue weighted by molar-refractivity contribution is -0.281. The number of hydrogen-bond acceptors (Lipinski definition) is 1. The molecule has 1 nitrogen and oxygen atoms in total. The van der Waals surface area contributed by atoms with Gasteiger partial charge in [-0.3, -0.25) is 0 Å². The normalized spacial score (nSPS) is 97.5. The summed E-state index contributed by atoms with van der Waals surface area (Å²) in [6, 6.07) is 0. The highest BCUT2D eigenvalue weighted by Gasteiger charge is 3.01. The van der Waals surface area contributed by atoms with Gasteiger partial charge < -0.3 is 4.74 Å². The summed E-state index contributed by atoms with van der Waals surface area (Å²) in [4.78, 5) is 0. The van der Waals surface area contributed by atoms with E-state index in [2.05, 4.69) is 0 Å². The number of hydrogen-bond donors (Lipinski definition) is 0. The molecule has 8 saturated carbocycles. The average Bonchev–Trinajstić information content (AvgIpc) is 2.94. The van der Waals surface area contributed by atoms with Crippen molar-refractivity contribution in [1.82, 2.24) is 0 Å². The highest BCUT2D eigenvalue weighted by atomic mass is 16.5. The van der Waals surface area contributed by atoms with Gasteiger partial charge in [-0.05, 0) is 72.0 Å². The Morgan fingerprint density at radius 1 is 0.812 bits per heavy atom. The summed E-state index contributed by atoms with van der Waals surface area (Å²) < 4.78 is 6.44. The van der Waals surface area contributed by atoms with Crippen molar-refractivity contribution in [3.05, 3.63) is 0 Å². The third-order valence-corrected chi connectivity index (χ3v) is 9.64. The zero-order chi connectivity index (χ0) is 9.60. The van der Waals surface area contributed by atoms with E-state index in [9.17, 15) is 0 Å². The molecule has 0 aromatic carbocycles. The van der Waals surface area contributed by atoms with Gasteiger partial charge in [0.2, 0.25) is 0 Å². The predicted molar refractivity (Wildman–Crippen MR) is 55.3 cm³/mol. The van der Waals surface area contributed by atoms with Gasteiger partial charge in [0.05, 0.1) is 12.2 Å². The van der Waals surface area contributed by atoms with Crippen LogP contribution in [0.4, 0.5) is 0 Å². The Hall–Kier alpha value is -0.0400. The molecule has 16 heavy (non-hydrogen) atoms. The summed E-state index contributed by atoms with van der Waals surface area (Å²) in [5, 5.41) is 0. The van der Waals surface area contributed by atoms with Gasteiger partial charge >= 0.3 is 0 Å². The topological polar surface area (TPSA) is 9.23 Å². The zero-order valence-corrected chi connectivity index (χ0v) is 9.30. The fraction of sp³-hybridized carbons (Fsp3) is 1.00. The lowest BCUT2D eigenvalue weighted by Crippen LogP contribution is -2.64. The molecule has 1 heterocycles. The molecule has 4 bridgehead atoms. The Morgan fingerprint density at radius 2 is 1.69 bits per heavy atom. The molecule has 9 rings (SSSR count). The van der Waals surface area contributed by atoms with Crippen LogP contribution in [0.25, 0.3) is 0 Å². The van der Waals surface area contributed by atoms with Gasteiger partial charge in [0.1, 0.15) is 0 Å². The Kier molecular flexibility index (Phi) is 0.584. The van der Waals surface area contributed by atoms with Crippen LogP contribution in [-0.4, -0.2) is 12.2 Å². The molecule has 0 amide bonds. The van der Waals surface area contributed by atoms with Gasteiger partial charge in [-0.2, -0.15) is 0 Å². The minimum atomic E-state index is 0.513. The van der Waals surface area contributed by atoms with Gasteiger partial charge in [0, 0.05) is 5.41 Å². The lowest BCUT2D eigenvalue weighted by Gasteiger charge is -2.57. The second-order valence-electron chi connectivity index (χ2n) is 8.50. The molecular weight excluding hydrogens is 196 g/mol. The SMILES string of the molecule is C1C2C3C4C5C2C2C1C3C13COC21[C@@H]5C[C@@H]43. The van der Waals surface area contributed by atoms with E-state index in [1.165, 1.54) is 42.1 Å². The Morgan fingerprint density at radius 3 is 2.56 bits per heavy atom.